The SMILES string of the molecule is NN=C1CONC1c1ccccc1. The third-order valence-corrected chi connectivity index (χ3v) is 2.05. The Hall–Kier alpha value is -1.39. The van der Waals surface area contributed by atoms with Crippen molar-refractivity contribution in [2.24, 2.45) is 10.9 Å². The molecule has 1 heterocycles. The fourth-order valence-corrected chi connectivity index (χ4v) is 1.37. The molecule has 1 aromatic rings. The number of hydrogen-bond donors (Lipinski definition) is 2. The van der Waals surface area contributed by atoms with Crippen LogP contribution in [-0.4, -0.2) is 12.3 Å². The minimum atomic E-state index is 0.00574. The molecular weight excluding hydrogens is 166 g/mol. The van der Waals surface area contributed by atoms with Gasteiger partial charge in [0.2, 0.25) is 0 Å². The molecule has 1 fully saturated rings. The van der Waals surface area contributed by atoms with Gasteiger partial charge in [-0.1, -0.05) is 30.3 Å². The number of hydrazone groups is 1. The molecule has 4 heteroatoms. The summed E-state index contributed by atoms with van der Waals surface area (Å²) in [6.07, 6.45) is 0. The second kappa shape index (κ2) is 3.55. The molecule has 0 spiro atoms. The van der Waals surface area contributed by atoms with Crippen molar-refractivity contribution in [3.63, 3.8) is 0 Å². The zero-order valence-electron chi connectivity index (χ0n) is 7.10. The Morgan fingerprint density at radius 3 is 2.85 bits per heavy atom. The van der Waals surface area contributed by atoms with Crippen LogP contribution in [0, 0.1) is 0 Å². The van der Waals surface area contributed by atoms with E-state index in [9.17, 15) is 0 Å². The summed E-state index contributed by atoms with van der Waals surface area (Å²) >= 11 is 0. The topological polar surface area (TPSA) is 59.6 Å². The average molecular weight is 177 g/mol. The van der Waals surface area contributed by atoms with Gasteiger partial charge < -0.3 is 5.84 Å². The number of nitrogens with two attached hydrogens (primary N) is 1. The van der Waals surface area contributed by atoms with Gasteiger partial charge in [0.25, 0.3) is 0 Å². The lowest BCUT2D eigenvalue weighted by molar-refractivity contribution is 0.0904. The Labute approximate surface area is 76.3 Å². The van der Waals surface area contributed by atoms with Gasteiger partial charge in [0.1, 0.15) is 6.61 Å². The first-order valence-corrected chi connectivity index (χ1v) is 4.10. The van der Waals surface area contributed by atoms with Crippen molar-refractivity contribution >= 4 is 5.71 Å². The third kappa shape index (κ3) is 1.54. The summed E-state index contributed by atoms with van der Waals surface area (Å²) in [5.74, 6) is 5.23. The van der Waals surface area contributed by atoms with Crippen LogP contribution in [0.1, 0.15) is 11.6 Å². The van der Waals surface area contributed by atoms with E-state index in [4.69, 9.17) is 10.7 Å². The van der Waals surface area contributed by atoms with Crippen molar-refractivity contribution in [1.82, 2.24) is 5.48 Å². The molecule has 0 radical (unpaired) electrons. The largest absolute Gasteiger partial charge is 0.323 e. The first kappa shape index (κ1) is 8.22. The highest BCUT2D eigenvalue weighted by molar-refractivity contribution is 5.92. The van der Waals surface area contributed by atoms with Crippen molar-refractivity contribution in [3.8, 4) is 0 Å². The normalized spacial score (nSPS) is 25.2. The van der Waals surface area contributed by atoms with Crippen molar-refractivity contribution in [1.29, 1.82) is 0 Å². The van der Waals surface area contributed by atoms with E-state index in [0.29, 0.717) is 6.61 Å². The van der Waals surface area contributed by atoms with E-state index in [1.807, 2.05) is 30.3 Å². The molecule has 1 unspecified atom stereocenters. The molecule has 0 aromatic heterocycles. The zero-order chi connectivity index (χ0) is 9.10. The smallest absolute Gasteiger partial charge is 0.110 e. The van der Waals surface area contributed by atoms with Gasteiger partial charge in [0.05, 0.1) is 11.8 Å². The Kier molecular flexibility index (Phi) is 2.25. The molecule has 1 aromatic carbocycles. The Morgan fingerprint density at radius 2 is 2.15 bits per heavy atom. The van der Waals surface area contributed by atoms with Crippen molar-refractivity contribution in [3.05, 3.63) is 35.9 Å². The maximum atomic E-state index is 5.23. The summed E-state index contributed by atoms with van der Waals surface area (Å²) < 4.78 is 0. The molecule has 4 nitrogen and oxygen atoms in total. The van der Waals surface area contributed by atoms with E-state index in [1.54, 1.807) is 0 Å². The number of rotatable bonds is 1. The fourth-order valence-electron chi connectivity index (χ4n) is 1.37. The van der Waals surface area contributed by atoms with Crippen molar-refractivity contribution in [2.45, 2.75) is 6.04 Å². The minimum absolute atomic E-state index is 0.00574. The molecule has 3 N–H and O–H groups in total. The summed E-state index contributed by atoms with van der Waals surface area (Å²) in [5, 5.41) is 3.67. The highest BCUT2D eigenvalue weighted by Gasteiger charge is 2.24. The number of benzene rings is 1. The van der Waals surface area contributed by atoms with Crippen molar-refractivity contribution in [2.75, 3.05) is 6.61 Å². The summed E-state index contributed by atoms with van der Waals surface area (Å²) in [5.41, 5.74) is 4.80. The fraction of sp³-hybridized carbons (Fsp3) is 0.222. The maximum absolute atomic E-state index is 5.23. The van der Waals surface area contributed by atoms with Gasteiger partial charge in [-0.3, -0.25) is 4.84 Å². The molecule has 13 heavy (non-hydrogen) atoms. The summed E-state index contributed by atoms with van der Waals surface area (Å²) in [7, 11) is 0. The van der Waals surface area contributed by atoms with Crippen LogP contribution in [0.5, 0.6) is 0 Å². The number of hydrogen-bond acceptors (Lipinski definition) is 4. The quantitative estimate of drug-likeness (QED) is 0.487. The molecule has 1 aliphatic heterocycles. The van der Waals surface area contributed by atoms with Gasteiger partial charge in [-0.25, -0.2) is 0 Å². The molecule has 0 saturated carbocycles. The molecule has 0 bridgehead atoms. The first-order valence-electron chi connectivity index (χ1n) is 4.10. The van der Waals surface area contributed by atoms with E-state index in [1.165, 1.54) is 0 Å². The maximum Gasteiger partial charge on any atom is 0.110 e. The zero-order valence-corrected chi connectivity index (χ0v) is 7.10. The highest BCUT2D eigenvalue weighted by Crippen LogP contribution is 2.18. The van der Waals surface area contributed by atoms with E-state index in [-0.39, 0.29) is 6.04 Å². The van der Waals surface area contributed by atoms with Gasteiger partial charge >= 0.3 is 0 Å². The monoisotopic (exact) mass is 177 g/mol. The molecule has 0 amide bonds. The predicted octanol–water partition coefficient (Wildman–Crippen LogP) is 0.577. The van der Waals surface area contributed by atoms with Crippen LogP contribution in [0.15, 0.2) is 35.4 Å². The van der Waals surface area contributed by atoms with Crippen LogP contribution < -0.4 is 11.3 Å². The summed E-state index contributed by atoms with van der Waals surface area (Å²) in [6.45, 7) is 0.454. The Morgan fingerprint density at radius 1 is 1.38 bits per heavy atom. The molecule has 1 saturated heterocycles. The minimum Gasteiger partial charge on any atom is -0.323 e. The van der Waals surface area contributed by atoms with Crippen LogP contribution >= 0.6 is 0 Å². The second-order valence-corrected chi connectivity index (χ2v) is 2.87. The highest BCUT2D eigenvalue weighted by atomic mass is 16.7. The Bertz CT molecular complexity index is 310. The number of hydroxylamine groups is 1. The van der Waals surface area contributed by atoms with Crippen LogP contribution in [0.2, 0.25) is 0 Å². The lowest BCUT2D eigenvalue weighted by Gasteiger charge is -2.08. The molecule has 1 aliphatic rings. The molecule has 1 atom stereocenters. The van der Waals surface area contributed by atoms with Gasteiger partial charge in [0.15, 0.2) is 0 Å². The Balaban J connectivity index is 2.27. The van der Waals surface area contributed by atoms with Crippen LogP contribution in [0.25, 0.3) is 0 Å². The van der Waals surface area contributed by atoms with Crippen LogP contribution in [0.3, 0.4) is 0 Å². The van der Waals surface area contributed by atoms with Gasteiger partial charge in [-0.05, 0) is 5.56 Å². The lowest BCUT2D eigenvalue weighted by Crippen LogP contribution is -2.18. The average Bonchev–Trinajstić information content (AvgIpc) is 2.67. The molecular formula is C9H11N3O. The molecule has 2 rings (SSSR count). The third-order valence-electron chi connectivity index (χ3n) is 2.05. The number of nitrogens with zero attached hydrogens (tertiary/aromatic N) is 1. The van der Waals surface area contributed by atoms with E-state index in [0.717, 1.165) is 11.3 Å². The van der Waals surface area contributed by atoms with Crippen molar-refractivity contribution < 1.29 is 4.84 Å². The summed E-state index contributed by atoms with van der Waals surface area (Å²) in [4.78, 5) is 5.05. The standard InChI is InChI=1S/C9H11N3O/c10-11-8-6-13-12-9(8)7-4-2-1-3-5-7/h1-5,9,12H,6,10H2. The van der Waals surface area contributed by atoms with Gasteiger partial charge in [-0.15, -0.1) is 0 Å². The summed E-state index contributed by atoms with van der Waals surface area (Å²) in [6, 6.07) is 9.95. The van der Waals surface area contributed by atoms with Crippen LogP contribution in [-0.2, 0) is 4.84 Å². The van der Waals surface area contributed by atoms with E-state index in [2.05, 4.69) is 10.6 Å². The van der Waals surface area contributed by atoms with Gasteiger partial charge in [0, 0.05) is 0 Å². The van der Waals surface area contributed by atoms with Crippen LogP contribution in [0.4, 0.5) is 0 Å². The molecule has 0 aliphatic carbocycles. The van der Waals surface area contributed by atoms with E-state index < -0.39 is 0 Å². The predicted molar refractivity (Wildman–Crippen MR) is 49.9 cm³/mol. The second-order valence-electron chi connectivity index (χ2n) is 2.87. The number of nitrogens with one attached hydrogen (secondary N) is 1. The molecule has 68 valence electrons. The van der Waals surface area contributed by atoms with Gasteiger partial charge in [-0.2, -0.15) is 10.6 Å². The van der Waals surface area contributed by atoms with E-state index >= 15 is 0 Å². The lowest BCUT2D eigenvalue weighted by atomic mass is 10.0. The first-order chi connectivity index (χ1) is 6.42.